The van der Waals surface area contributed by atoms with Gasteiger partial charge in [-0.2, -0.15) is 0 Å². The number of rotatable bonds is 6. The Labute approximate surface area is 144 Å². The lowest BCUT2D eigenvalue weighted by atomic mass is 10.1. The lowest BCUT2D eigenvalue weighted by Crippen LogP contribution is -2.40. The van der Waals surface area contributed by atoms with Gasteiger partial charge < -0.3 is 9.16 Å². The monoisotopic (exact) mass is 380 g/mol. The summed E-state index contributed by atoms with van der Waals surface area (Å²) in [7, 11) is -4.31. The number of hydrogen-bond donors (Lipinski definition) is 1. The van der Waals surface area contributed by atoms with Gasteiger partial charge in [0.15, 0.2) is 12.5 Å². The number of primary sulfonamides is 1. The summed E-state index contributed by atoms with van der Waals surface area (Å²) in [6, 6.07) is 0. The zero-order chi connectivity index (χ0) is 18.3. The second-order valence-electron chi connectivity index (χ2n) is 7.56. The van der Waals surface area contributed by atoms with Crippen LogP contribution in [-0.2, 0) is 31.4 Å². The molecule has 1 rings (SSSR count). The first kappa shape index (κ1) is 20.7. The predicted octanol–water partition coefficient (Wildman–Crippen LogP) is 3.19. The maximum Gasteiger partial charge on any atom is 0.249 e. The Morgan fingerprint density at radius 2 is 1.74 bits per heavy atom. The SMILES string of the molecule is COC(C)(C)c1nc(CO[Si](C)(C)C(C)(C)C)c(S(N)(=O)=O)s1. The maximum atomic E-state index is 11.9. The number of sulfonamides is 1. The third-order valence-corrected chi connectivity index (χ3v) is 11.7. The third kappa shape index (κ3) is 4.83. The topological polar surface area (TPSA) is 91.5 Å². The van der Waals surface area contributed by atoms with E-state index in [-0.39, 0.29) is 15.9 Å². The van der Waals surface area contributed by atoms with E-state index in [0.29, 0.717) is 10.7 Å². The Morgan fingerprint density at radius 3 is 2.13 bits per heavy atom. The van der Waals surface area contributed by atoms with Gasteiger partial charge in [-0.25, -0.2) is 18.5 Å². The molecule has 0 fully saturated rings. The molecule has 0 aliphatic rings. The highest BCUT2D eigenvalue weighted by Gasteiger charge is 2.38. The van der Waals surface area contributed by atoms with Gasteiger partial charge in [0, 0.05) is 7.11 Å². The molecule has 0 bridgehead atoms. The highest BCUT2D eigenvalue weighted by atomic mass is 32.2. The molecule has 0 aliphatic carbocycles. The van der Waals surface area contributed by atoms with E-state index < -0.39 is 23.9 Å². The molecule has 0 atom stereocenters. The van der Waals surface area contributed by atoms with Crippen molar-refractivity contribution in [3.63, 3.8) is 0 Å². The summed E-state index contributed by atoms with van der Waals surface area (Å²) in [6.45, 7) is 14.4. The summed E-state index contributed by atoms with van der Waals surface area (Å²) in [6.07, 6.45) is 0. The molecular weight excluding hydrogens is 352 g/mol. The Kier molecular flexibility index (Phi) is 5.88. The van der Waals surface area contributed by atoms with Crippen LogP contribution in [0.3, 0.4) is 0 Å². The van der Waals surface area contributed by atoms with Crippen molar-refractivity contribution in [2.45, 2.75) is 69.2 Å². The van der Waals surface area contributed by atoms with E-state index in [1.165, 1.54) is 0 Å². The third-order valence-electron chi connectivity index (χ3n) is 4.32. The Hall–Kier alpha value is -0.323. The molecule has 1 aromatic heterocycles. The highest BCUT2D eigenvalue weighted by Crippen LogP contribution is 2.38. The summed E-state index contributed by atoms with van der Waals surface area (Å²) in [5.41, 5.74) is -0.318. The lowest BCUT2D eigenvalue weighted by molar-refractivity contribution is 0.0188. The summed E-state index contributed by atoms with van der Waals surface area (Å²) < 4.78 is 35.3. The molecule has 6 nitrogen and oxygen atoms in total. The van der Waals surface area contributed by atoms with Crippen LogP contribution in [0.25, 0.3) is 0 Å². The van der Waals surface area contributed by atoms with Crippen LogP contribution in [0.1, 0.15) is 45.3 Å². The van der Waals surface area contributed by atoms with Crippen LogP contribution >= 0.6 is 11.3 Å². The van der Waals surface area contributed by atoms with Crippen LogP contribution in [0.5, 0.6) is 0 Å². The molecule has 0 aliphatic heterocycles. The average Bonchev–Trinajstić information content (AvgIpc) is 2.80. The fraction of sp³-hybridized carbons (Fsp3) is 0.786. The van der Waals surface area contributed by atoms with Gasteiger partial charge in [0.1, 0.15) is 10.6 Å². The summed E-state index contributed by atoms with van der Waals surface area (Å²) in [5.74, 6) is 0. The Balaban J connectivity index is 3.21. The first-order valence-electron chi connectivity index (χ1n) is 7.34. The number of ether oxygens (including phenoxy) is 1. The van der Waals surface area contributed by atoms with Gasteiger partial charge >= 0.3 is 0 Å². The predicted molar refractivity (Wildman–Crippen MR) is 95.5 cm³/mol. The zero-order valence-corrected chi connectivity index (χ0v) is 17.8. The molecule has 0 aromatic carbocycles. The minimum Gasteiger partial charge on any atom is -0.411 e. The number of nitrogens with two attached hydrogens (primary N) is 1. The molecule has 134 valence electrons. The molecule has 2 N–H and O–H groups in total. The number of hydrogen-bond acceptors (Lipinski definition) is 6. The van der Waals surface area contributed by atoms with E-state index in [1.807, 2.05) is 13.8 Å². The number of aromatic nitrogens is 1. The maximum absolute atomic E-state index is 11.9. The molecule has 0 saturated heterocycles. The van der Waals surface area contributed by atoms with Crippen LogP contribution < -0.4 is 5.14 Å². The first-order chi connectivity index (χ1) is 10.1. The van der Waals surface area contributed by atoms with Crippen molar-refractivity contribution < 1.29 is 17.6 Å². The zero-order valence-electron chi connectivity index (χ0n) is 15.2. The van der Waals surface area contributed by atoms with E-state index in [0.717, 1.165) is 11.3 Å². The van der Waals surface area contributed by atoms with Crippen LogP contribution in [0.15, 0.2) is 4.21 Å². The minimum atomic E-state index is -3.85. The molecule has 0 saturated carbocycles. The fourth-order valence-electron chi connectivity index (χ4n) is 1.46. The Bertz CT molecular complexity index is 661. The van der Waals surface area contributed by atoms with E-state index in [1.54, 1.807) is 7.11 Å². The van der Waals surface area contributed by atoms with E-state index in [9.17, 15) is 8.42 Å². The van der Waals surface area contributed by atoms with Gasteiger partial charge in [0.05, 0.1) is 12.3 Å². The molecule has 9 heteroatoms. The second kappa shape index (κ2) is 6.53. The van der Waals surface area contributed by atoms with Crippen molar-refractivity contribution >= 4 is 29.7 Å². The second-order valence-corrected chi connectivity index (χ2v) is 15.1. The first-order valence-corrected chi connectivity index (χ1v) is 12.6. The summed E-state index contributed by atoms with van der Waals surface area (Å²) in [5, 5.41) is 5.93. The Morgan fingerprint density at radius 1 is 1.22 bits per heavy atom. The standard InChI is InChI=1S/C14H28N2O4S2Si/c1-13(2,3)23(7,8)20-9-10-11(22(15,17)18)21-12(16-10)14(4,5)19-6/h9H2,1-8H3,(H2,15,17,18). The molecule has 0 unspecified atom stereocenters. The number of nitrogens with zero attached hydrogens (tertiary/aromatic N) is 1. The molecule has 0 spiro atoms. The normalized spacial score (nSPS) is 14.3. The van der Waals surface area contributed by atoms with Gasteiger partial charge in [-0.3, -0.25) is 0 Å². The van der Waals surface area contributed by atoms with Gasteiger partial charge in [-0.15, -0.1) is 11.3 Å². The van der Waals surface area contributed by atoms with Gasteiger partial charge in [0.2, 0.25) is 10.0 Å². The lowest BCUT2D eigenvalue weighted by Gasteiger charge is -2.36. The average molecular weight is 381 g/mol. The molecule has 0 radical (unpaired) electrons. The van der Waals surface area contributed by atoms with Gasteiger partial charge in [-0.05, 0) is 32.0 Å². The smallest absolute Gasteiger partial charge is 0.249 e. The number of methoxy groups -OCH3 is 1. The highest BCUT2D eigenvalue weighted by molar-refractivity contribution is 7.91. The minimum absolute atomic E-state index is 0.0272. The van der Waals surface area contributed by atoms with Crippen LogP contribution in [0.4, 0.5) is 0 Å². The van der Waals surface area contributed by atoms with E-state index in [4.69, 9.17) is 14.3 Å². The fourth-order valence-corrected chi connectivity index (χ4v) is 4.41. The summed E-state index contributed by atoms with van der Waals surface area (Å²) >= 11 is 1.04. The quantitative estimate of drug-likeness (QED) is 0.765. The molecule has 1 heterocycles. The molecule has 0 amide bonds. The molecule has 1 aromatic rings. The summed E-state index contributed by atoms with van der Waals surface area (Å²) in [4.78, 5) is 4.44. The van der Waals surface area contributed by atoms with Gasteiger partial charge in [-0.1, -0.05) is 20.8 Å². The van der Waals surface area contributed by atoms with Crippen LogP contribution in [0, 0.1) is 0 Å². The van der Waals surface area contributed by atoms with E-state index >= 15 is 0 Å². The van der Waals surface area contributed by atoms with Crippen molar-refractivity contribution in [2.24, 2.45) is 5.14 Å². The van der Waals surface area contributed by atoms with Crippen molar-refractivity contribution in [3.8, 4) is 0 Å². The van der Waals surface area contributed by atoms with Crippen molar-refractivity contribution in [1.29, 1.82) is 0 Å². The molecular formula is C14H28N2O4S2Si. The van der Waals surface area contributed by atoms with Crippen LogP contribution in [-0.4, -0.2) is 28.8 Å². The molecule has 23 heavy (non-hydrogen) atoms. The van der Waals surface area contributed by atoms with Gasteiger partial charge in [0.25, 0.3) is 0 Å². The van der Waals surface area contributed by atoms with Crippen LogP contribution in [0.2, 0.25) is 18.1 Å². The largest absolute Gasteiger partial charge is 0.411 e. The number of thiazole rings is 1. The van der Waals surface area contributed by atoms with E-state index in [2.05, 4.69) is 38.8 Å². The van der Waals surface area contributed by atoms with Crippen molar-refractivity contribution in [3.05, 3.63) is 10.7 Å². The van der Waals surface area contributed by atoms with Crippen molar-refractivity contribution in [2.75, 3.05) is 7.11 Å². The van der Waals surface area contributed by atoms with Crippen molar-refractivity contribution in [1.82, 2.24) is 4.98 Å².